The minimum Gasteiger partial charge on any atom is -0.508 e. The van der Waals surface area contributed by atoms with E-state index in [0.29, 0.717) is 12.0 Å². The van der Waals surface area contributed by atoms with Crippen LogP contribution in [-0.4, -0.2) is 64.3 Å². The molecule has 2 aromatic carbocycles. The maximum absolute atomic E-state index is 14.2. The molecule has 0 aromatic heterocycles. The number of carbonyl (C=O) groups is 5. The maximum Gasteiger partial charge on any atom is 0.330 e. The molecule has 0 saturated heterocycles. The van der Waals surface area contributed by atoms with Crippen molar-refractivity contribution in [2.75, 3.05) is 6.61 Å². The van der Waals surface area contributed by atoms with Gasteiger partial charge in [-0.05, 0) is 55.9 Å². The van der Waals surface area contributed by atoms with Gasteiger partial charge in [-0.25, -0.2) is 4.79 Å². The zero-order valence-electron chi connectivity index (χ0n) is 25.7. The third-order valence-electron chi connectivity index (χ3n) is 7.48. The van der Waals surface area contributed by atoms with Gasteiger partial charge in [-0.2, -0.15) is 0 Å². The second-order valence-corrected chi connectivity index (χ2v) is 11.3. The summed E-state index contributed by atoms with van der Waals surface area (Å²) < 4.78 is 4.93. The van der Waals surface area contributed by atoms with Crippen LogP contribution in [0.3, 0.4) is 0 Å². The monoisotopic (exact) mass is 606 g/mol. The highest BCUT2D eigenvalue weighted by molar-refractivity contribution is 6.00. The van der Waals surface area contributed by atoms with Crippen molar-refractivity contribution in [1.29, 1.82) is 0 Å². The van der Waals surface area contributed by atoms with Crippen LogP contribution in [0.4, 0.5) is 0 Å². The van der Waals surface area contributed by atoms with Gasteiger partial charge >= 0.3 is 5.97 Å². The number of hydrogen-bond donors (Lipinski definition) is 4. The third kappa shape index (κ3) is 9.16. The van der Waals surface area contributed by atoms with Crippen molar-refractivity contribution < 1.29 is 33.8 Å². The fourth-order valence-electron chi connectivity index (χ4n) is 5.17. The van der Waals surface area contributed by atoms with Gasteiger partial charge in [-0.1, -0.05) is 50.3 Å². The van der Waals surface area contributed by atoms with Crippen molar-refractivity contribution >= 4 is 29.6 Å². The van der Waals surface area contributed by atoms with Crippen LogP contribution in [0.5, 0.6) is 5.75 Å². The third-order valence-corrected chi connectivity index (χ3v) is 7.48. The number of ether oxygens (including phenoxy) is 1. The molecule has 0 fully saturated rings. The standard InChI is InChI=1S/C33H42N4O7/c1-5-44-30(40)16-14-24(13-15-29(34)39)35-32(42)27-18-22-9-6-7-10-23(22)19-37(27)33(43)26(17-20(2)3)36-31(41)25-11-8-12-28(38)21(25)4/h6-12,14,16,20,24,26-27,38H,5,13,15,17-19H2,1-4H3,(H2,34,39)(H,35,42)(H,36,41)/b16-14+/t24-,26-,27-/m0/s1. The van der Waals surface area contributed by atoms with Crippen molar-refractivity contribution in [2.45, 2.75) is 78.0 Å². The lowest BCUT2D eigenvalue weighted by Gasteiger charge is -2.39. The molecular weight excluding hydrogens is 564 g/mol. The molecule has 0 radical (unpaired) electrons. The van der Waals surface area contributed by atoms with Crippen molar-refractivity contribution in [3.05, 3.63) is 76.9 Å². The Balaban J connectivity index is 1.92. The molecule has 11 nitrogen and oxygen atoms in total. The average molecular weight is 607 g/mol. The number of esters is 1. The summed E-state index contributed by atoms with van der Waals surface area (Å²) in [6.45, 7) is 7.48. The first-order valence-electron chi connectivity index (χ1n) is 14.8. The van der Waals surface area contributed by atoms with Gasteiger partial charge in [-0.15, -0.1) is 0 Å². The first kappa shape index (κ1) is 33.8. The summed E-state index contributed by atoms with van der Waals surface area (Å²) in [6, 6.07) is 9.53. The van der Waals surface area contributed by atoms with Crippen LogP contribution in [0.1, 0.15) is 67.1 Å². The number of phenolic OH excluding ortho intramolecular Hbond substituents is 1. The first-order chi connectivity index (χ1) is 20.9. The number of nitrogens with two attached hydrogens (primary N) is 1. The number of hydrogen-bond acceptors (Lipinski definition) is 7. The molecule has 0 aliphatic carbocycles. The predicted octanol–water partition coefficient (Wildman–Crippen LogP) is 2.67. The van der Waals surface area contributed by atoms with Crippen molar-refractivity contribution in [3.63, 3.8) is 0 Å². The number of rotatable bonds is 13. The minimum atomic E-state index is -0.945. The normalized spacial score (nSPS) is 15.8. The molecule has 3 rings (SSSR count). The van der Waals surface area contributed by atoms with Gasteiger partial charge in [0.25, 0.3) is 5.91 Å². The van der Waals surface area contributed by atoms with Gasteiger partial charge in [-0.3, -0.25) is 19.2 Å². The highest BCUT2D eigenvalue weighted by Crippen LogP contribution is 2.26. The molecule has 1 heterocycles. The van der Waals surface area contributed by atoms with E-state index in [9.17, 15) is 29.1 Å². The number of primary amides is 1. The topological polar surface area (TPSA) is 168 Å². The minimum absolute atomic E-state index is 0.0309. The summed E-state index contributed by atoms with van der Waals surface area (Å²) >= 11 is 0. The van der Waals surface area contributed by atoms with Gasteiger partial charge in [0, 0.05) is 42.6 Å². The number of carbonyl (C=O) groups excluding carboxylic acids is 5. The molecule has 0 saturated carbocycles. The number of phenols is 1. The Morgan fingerprint density at radius 3 is 2.43 bits per heavy atom. The number of fused-ring (bicyclic) bond motifs is 1. The SMILES string of the molecule is CCOC(=O)/C=C/[C@H](CCC(N)=O)NC(=O)[C@@H]1Cc2ccccc2CN1C(=O)[C@H](CC(C)C)NC(=O)c1cccc(O)c1C. The summed E-state index contributed by atoms with van der Waals surface area (Å²) in [4.78, 5) is 66.2. The van der Waals surface area contributed by atoms with E-state index in [1.807, 2.05) is 38.1 Å². The van der Waals surface area contributed by atoms with E-state index in [4.69, 9.17) is 10.5 Å². The predicted molar refractivity (Wildman–Crippen MR) is 164 cm³/mol. The second-order valence-electron chi connectivity index (χ2n) is 11.3. The van der Waals surface area contributed by atoms with Crippen LogP contribution in [0.2, 0.25) is 0 Å². The molecular formula is C33H42N4O7. The van der Waals surface area contributed by atoms with E-state index in [1.165, 1.54) is 23.1 Å². The van der Waals surface area contributed by atoms with Crippen LogP contribution in [-0.2, 0) is 36.9 Å². The van der Waals surface area contributed by atoms with Crippen LogP contribution >= 0.6 is 0 Å². The van der Waals surface area contributed by atoms with E-state index in [0.717, 1.165) is 11.1 Å². The maximum atomic E-state index is 14.2. The molecule has 5 N–H and O–H groups in total. The van der Waals surface area contributed by atoms with E-state index in [-0.39, 0.29) is 49.6 Å². The lowest BCUT2D eigenvalue weighted by Crippen LogP contribution is -2.58. The zero-order valence-corrected chi connectivity index (χ0v) is 25.7. The Hall–Kier alpha value is -4.67. The zero-order chi connectivity index (χ0) is 32.4. The van der Waals surface area contributed by atoms with Crippen molar-refractivity contribution in [1.82, 2.24) is 15.5 Å². The Morgan fingerprint density at radius 1 is 1.07 bits per heavy atom. The van der Waals surface area contributed by atoms with Crippen LogP contribution in [0, 0.1) is 12.8 Å². The number of nitrogens with zero attached hydrogens (tertiary/aromatic N) is 1. The average Bonchev–Trinajstić information content (AvgIpc) is 2.98. The van der Waals surface area contributed by atoms with Gasteiger partial charge in [0.1, 0.15) is 17.8 Å². The van der Waals surface area contributed by atoms with Gasteiger partial charge in [0.05, 0.1) is 6.61 Å². The molecule has 4 amide bonds. The van der Waals surface area contributed by atoms with Crippen LogP contribution in [0.15, 0.2) is 54.6 Å². The summed E-state index contributed by atoms with van der Waals surface area (Å²) in [5.41, 5.74) is 7.77. The summed E-state index contributed by atoms with van der Waals surface area (Å²) in [5.74, 6) is -2.56. The molecule has 0 bridgehead atoms. The highest BCUT2D eigenvalue weighted by atomic mass is 16.5. The lowest BCUT2D eigenvalue weighted by molar-refractivity contribution is -0.143. The molecule has 236 valence electrons. The quantitative estimate of drug-likeness (QED) is 0.201. The number of aromatic hydroxyl groups is 1. The van der Waals surface area contributed by atoms with Gasteiger partial charge < -0.3 is 31.1 Å². The fourth-order valence-corrected chi connectivity index (χ4v) is 5.17. The molecule has 44 heavy (non-hydrogen) atoms. The molecule has 0 spiro atoms. The Kier molecular flexibility index (Phi) is 12.1. The largest absolute Gasteiger partial charge is 0.508 e. The second kappa shape index (κ2) is 15.7. The Morgan fingerprint density at radius 2 is 1.77 bits per heavy atom. The van der Waals surface area contributed by atoms with Crippen LogP contribution in [0.25, 0.3) is 0 Å². The van der Waals surface area contributed by atoms with E-state index in [1.54, 1.807) is 26.0 Å². The van der Waals surface area contributed by atoms with E-state index >= 15 is 0 Å². The first-order valence-corrected chi connectivity index (χ1v) is 14.8. The molecule has 11 heteroatoms. The highest BCUT2D eigenvalue weighted by Gasteiger charge is 2.38. The van der Waals surface area contributed by atoms with Crippen molar-refractivity contribution in [3.8, 4) is 5.75 Å². The lowest BCUT2D eigenvalue weighted by atomic mass is 9.91. The van der Waals surface area contributed by atoms with Crippen LogP contribution < -0.4 is 16.4 Å². The van der Waals surface area contributed by atoms with E-state index < -0.39 is 47.7 Å². The number of benzene rings is 2. The van der Waals surface area contributed by atoms with Gasteiger partial charge in [0.2, 0.25) is 17.7 Å². The number of nitrogens with one attached hydrogen (secondary N) is 2. The summed E-state index contributed by atoms with van der Waals surface area (Å²) in [5, 5.41) is 15.8. The fraction of sp³-hybridized carbons (Fsp3) is 0.424. The molecule has 2 aromatic rings. The molecule has 1 aliphatic rings. The summed E-state index contributed by atoms with van der Waals surface area (Å²) in [7, 11) is 0. The van der Waals surface area contributed by atoms with E-state index in [2.05, 4.69) is 10.6 Å². The smallest absolute Gasteiger partial charge is 0.330 e. The summed E-state index contributed by atoms with van der Waals surface area (Å²) in [6.07, 6.45) is 3.28. The molecule has 3 atom stereocenters. The van der Waals surface area contributed by atoms with Crippen molar-refractivity contribution in [2.24, 2.45) is 11.7 Å². The molecule has 1 aliphatic heterocycles. The molecule has 0 unspecified atom stereocenters. The number of amides is 4. The van der Waals surface area contributed by atoms with Gasteiger partial charge in [0.15, 0.2) is 0 Å². The Bertz CT molecular complexity index is 1400. The Labute approximate surface area is 257 Å².